The van der Waals surface area contributed by atoms with Gasteiger partial charge < -0.3 is 10.0 Å². The van der Waals surface area contributed by atoms with E-state index in [0.717, 1.165) is 32.5 Å². The molecule has 2 atom stereocenters. The Morgan fingerprint density at radius 2 is 2.21 bits per heavy atom. The summed E-state index contributed by atoms with van der Waals surface area (Å²) in [6, 6.07) is 9.14. The van der Waals surface area contributed by atoms with Crippen molar-refractivity contribution in [1.29, 1.82) is 0 Å². The zero-order chi connectivity index (χ0) is 13.8. The van der Waals surface area contributed by atoms with Gasteiger partial charge in [0.05, 0.1) is 6.10 Å². The summed E-state index contributed by atoms with van der Waals surface area (Å²) in [6.45, 7) is 5.05. The summed E-state index contributed by atoms with van der Waals surface area (Å²) in [5, 5.41) is 9.79. The minimum atomic E-state index is -0.144. The van der Waals surface area contributed by atoms with Gasteiger partial charge in [0.15, 0.2) is 0 Å². The van der Waals surface area contributed by atoms with E-state index in [9.17, 15) is 5.11 Å². The first-order chi connectivity index (χ1) is 9.06. The molecule has 0 spiro atoms. The van der Waals surface area contributed by atoms with Crippen molar-refractivity contribution in [1.82, 2.24) is 9.80 Å². The van der Waals surface area contributed by atoms with Crippen LogP contribution in [0.5, 0.6) is 0 Å². The third-order valence-electron chi connectivity index (χ3n) is 3.96. The van der Waals surface area contributed by atoms with Gasteiger partial charge in [-0.2, -0.15) is 0 Å². The number of likely N-dealkylation sites (N-methyl/N-ethyl adjacent to an activating group) is 1. The molecule has 1 N–H and O–H groups in total. The van der Waals surface area contributed by atoms with E-state index < -0.39 is 0 Å². The van der Waals surface area contributed by atoms with E-state index in [0.29, 0.717) is 6.04 Å². The van der Waals surface area contributed by atoms with E-state index >= 15 is 0 Å². The van der Waals surface area contributed by atoms with Crippen molar-refractivity contribution in [3.8, 4) is 0 Å². The SMILES string of the molecule is Cc1cccc(C(CN2CCCC(O)C2)N(C)C)c1. The fourth-order valence-electron chi connectivity index (χ4n) is 2.89. The summed E-state index contributed by atoms with van der Waals surface area (Å²) in [5.41, 5.74) is 2.67. The van der Waals surface area contributed by atoms with Crippen LogP contribution in [-0.2, 0) is 0 Å². The van der Waals surface area contributed by atoms with E-state index in [1.54, 1.807) is 0 Å². The Morgan fingerprint density at radius 1 is 1.42 bits per heavy atom. The Bertz CT molecular complexity index is 405. The molecular formula is C16H26N2O. The minimum absolute atomic E-state index is 0.144. The number of likely N-dealkylation sites (tertiary alicyclic amines) is 1. The molecule has 1 aromatic carbocycles. The van der Waals surface area contributed by atoms with Gasteiger partial charge in [0.25, 0.3) is 0 Å². The lowest BCUT2D eigenvalue weighted by atomic mass is 10.0. The number of rotatable bonds is 4. The van der Waals surface area contributed by atoms with E-state index in [1.807, 2.05) is 0 Å². The minimum Gasteiger partial charge on any atom is -0.392 e. The maximum Gasteiger partial charge on any atom is 0.0667 e. The summed E-state index contributed by atoms with van der Waals surface area (Å²) in [5.74, 6) is 0. The molecule has 0 radical (unpaired) electrons. The number of hydrogen-bond donors (Lipinski definition) is 1. The van der Waals surface area contributed by atoms with Crippen LogP contribution in [-0.4, -0.2) is 54.7 Å². The molecule has 0 aliphatic carbocycles. The van der Waals surface area contributed by atoms with E-state index in [1.165, 1.54) is 11.1 Å². The first kappa shape index (κ1) is 14.5. The Balaban J connectivity index is 2.08. The molecular weight excluding hydrogens is 236 g/mol. The molecule has 19 heavy (non-hydrogen) atoms. The summed E-state index contributed by atoms with van der Waals surface area (Å²) >= 11 is 0. The number of aryl methyl sites for hydroxylation is 1. The van der Waals surface area contributed by atoms with Crippen LogP contribution < -0.4 is 0 Å². The van der Waals surface area contributed by atoms with Crippen LogP contribution in [0, 0.1) is 6.92 Å². The van der Waals surface area contributed by atoms with Gasteiger partial charge in [-0.05, 0) is 46.0 Å². The average molecular weight is 262 g/mol. The zero-order valence-electron chi connectivity index (χ0n) is 12.3. The largest absolute Gasteiger partial charge is 0.392 e. The number of nitrogens with zero attached hydrogens (tertiary/aromatic N) is 2. The number of aliphatic hydroxyl groups is 1. The van der Waals surface area contributed by atoms with Crippen LogP contribution in [0.4, 0.5) is 0 Å². The first-order valence-corrected chi connectivity index (χ1v) is 7.19. The number of hydrogen-bond acceptors (Lipinski definition) is 3. The van der Waals surface area contributed by atoms with E-state index in [2.05, 4.69) is 55.1 Å². The fourth-order valence-corrected chi connectivity index (χ4v) is 2.89. The highest BCUT2D eigenvalue weighted by Gasteiger charge is 2.22. The standard InChI is InChI=1S/C16H26N2O/c1-13-6-4-7-14(10-13)16(17(2)3)12-18-9-5-8-15(19)11-18/h4,6-7,10,15-16,19H,5,8-9,11-12H2,1-3H3. The van der Waals surface area contributed by atoms with Crippen LogP contribution >= 0.6 is 0 Å². The van der Waals surface area contributed by atoms with Crippen molar-refractivity contribution in [2.75, 3.05) is 33.7 Å². The molecule has 2 rings (SSSR count). The molecule has 0 aromatic heterocycles. The fraction of sp³-hybridized carbons (Fsp3) is 0.625. The molecule has 0 amide bonds. The highest BCUT2D eigenvalue weighted by Crippen LogP contribution is 2.22. The van der Waals surface area contributed by atoms with Crippen LogP contribution in [0.1, 0.15) is 30.0 Å². The van der Waals surface area contributed by atoms with Gasteiger partial charge >= 0.3 is 0 Å². The Kier molecular flexibility index (Phi) is 4.97. The second-order valence-electron chi connectivity index (χ2n) is 5.95. The van der Waals surface area contributed by atoms with Crippen LogP contribution in [0.2, 0.25) is 0 Å². The lowest BCUT2D eigenvalue weighted by Gasteiger charge is -2.35. The number of aliphatic hydroxyl groups excluding tert-OH is 1. The van der Waals surface area contributed by atoms with Gasteiger partial charge in [-0.15, -0.1) is 0 Å². The highest BCUT2D eigenvalue weighted by molar-refractivity contribution is 5.25. The van der Waals surface area contributed by atoms with E-state index in [4.69, 9.17) is 0 Å². The van der Waals surface area contributed by atoms with E-state index in [-0.39, 0.29) is 6.10 Å². The molecule has 1 heterocycles. The summed E-state index contributed by atoms with van der Waals surface area (Å²) in [6.07, 6.45) is 1.91. The molecule has 1 aliphatic rings. The van der Waals surface area contributed by atoms with Gasteiger partial charge in [-0.25, -0.2) is 0 Å². The average Bonchev–Trinajstić information content (AvgIpc) is 2.35. The smallest absolute Gasteiger partial charge is 0.0667 e. The lowest BCUT2D eigenvalue weighted by Crippen LogP contribution is -2.42. The molecule has 1 saturated heterocycles. The van der Waals surface area contributed by atoms with Crippen LogP contribution in [0.25, 0.3) is 0 Å². The Hall–Kier alpha value is -0.900. The van der Waals surface area contributed by atoms with Gasteiger partial charge in [-0.1, -0.05) is 29.8 Å². The van der Waals surface area contributed by atoms with Crippen molar-refractivity contribution in [3.05, 3.63) is 35.4 Å². The quantitative estimate of drug-likeness (QED) is 0.899. The van der Waals surface area contributed by atoms with Crippen LogP contribution in [0.15, 0.2) is 24.3 Å². The summed E-state index contributed by atoms with van der Waals surface area (Å²) < 4.78 is 0. The van der Waals surface area contributed by atoms with Crippen molar-refractivity contribution in [3.63, 3.8) is 0 Å². The molecule has 1 fully saturated rings. The number of piperidine rings is 1. The van der Waals surface area contributed by atoms with Crippen molar-refractivity contribution in [2.45, 2.75) is 31.9 Å². The summed E-state index contributed by atoms with van der Waals surface area (Å²) in [7, 11) is 4.26. The molecule has 1 aromatic rings. The molecule has 1 aliphatic heterocycles. The topological polar surface area (TPSA) is 26.7 Å². The van der Waals surface area contributed by atoms with Gasteiger partial charge in [-0.3, -0.25) is 4.90 Å². The predicted octanol–water partition coefficient (Wildman–Crippen LogP) is 2.05. The maximum atomic E-state index is 9.79. The molecule has 2 unspecified atom stereocenters. The lowest BCUT2D eigenvalue weighted by molar-refractivity contribution is 0.0565. The normalized spacial score (nSPS) is 22.7. The number of benzene rings is 1. The summed E-state index contributed by atoms with van der Waals surface area (Å²) in [4.78, 5) is 4.66. The Morgan fingerprint density at radius 3 is 2.84 bits per heavy atom. The third kappa shape index (κ3) is 4.03. The van der Waals surface area contributed by atoms with Gasteiger partial charge in [0, 0.05) is 19.1 Å². The zero-order valence-corrected chi connectivity index (χ0v) is 12.3. The highest BCUT2D eigenvalue weighted by atomic mass is 16.3. The monoisotopic (exact) mass is 262 g/mol. The molecule has 3 heteroatoms. The molecule has 3 nitrogen and oxygen atoms in total. The predicted molar refractivity (Wildman–Crippen MR) is 79.3 cm³/mol. The third-order valence-corrected chi connectivity index (χ3v) is 3.96. The Labute approximate surface area is 116 Å². The molecule has 106 valence electrons. The van der Waals surface area contributed by atoms with Gasteiger partial charge in [0.1, 0.15) is 0 Å². The van der Waals surface area contributed by atoms with Crippen molar-refractivity contribution >= 4 is 0 Å². The number of β-amino-alcohol motifs (C(OH)–C–C–N with tert-alkyl or cyclic N) is 1. The van der Waals surface area contributed by atoms with Gasteiger partial charge in [0.2, 0.25) is 0 Å². The van der Waals surface area contributed by atoms with Crippen molar-refractivity contribution < 1.29 is 5.11 Å². The maximum absolute atomic E-state index is 9.79. The second-order valence-corrected chi connectivity index (χ2v) is 5.95. The first-order valence-electron chi connectivity index (χ1n) is 7.19. The molecule has 0 saturated carbocycles. The molecule has 0 bridgehead atoms. The second kappa shape index (κ2) is 6.51. The van der Waals surface area contributed by atoms with Crippen molar-refractivity contribution in [2.24, 2.45) is 0 Å². The van der Waals surface area contributed by atoms with Crippen LogP contribution in [0.3, 0.4) is 0 Å².